The Morgan fingerprint density at radius 1 is 0.864 bits per heavy atom. The van der Waals surface area contributed by atoms with Gasteiger partial charge < -0.3 is 4.74 Å². The molecule has 0 aliphatic heterocycles. The fourth-order valence-electron chi connectivity index (χ4n) is 4.23. The normalized spacial score (nSPS) is 32.5. The first-order chi connectivity index (χ1) is 10.8. The summed E-state index contributed by atoms with van der Waals surface area (Å²) in [6.07, 6.45) is 15.8. The molecule has 0 saturated heterocycles. The topological polar surface area (TPSA) is 33.0 Å². The number of unbranched alkanes of at least 4 members (excludes halogenated alkanes) is 1. The minimum atomic E-state index is 0.361. The van der Waals surface area contributed by atoms with Crippen LogP contribution in [0.25, 0.3) is 0 Å². The standard InChI is InChI=1S/C20H35NO/c1-2-3-14-22-16-20-12-8-18(9-13-20)5-4-17-6-10-19(15-21)11-7-17/h17-20H,2-14,16H2,1H3/t17-,18-,19-,20-. The van der Waals surface area contributed by atoms with Crippen molar-refractivity contribution < 1.29 is 4.74 Å². The summed E-state index contributed by atoms with van der Waals surface area (Å²) in [7, 11) is 0. The van der Waals surface area contributed by atoms with Crippen molar-refractivity contribution >= 4 is 0 Å². The molecule has 0 heterocycles. The van der Waals surface area contributed by atoms with Crippen LogP contribution < -0.4 is 0 Å². The summed E-state index contributed by atoms with van der Waals surface area (Å²) in [5.41, 5.74) is 0. The summed E-state index contributed by atoms with van der Waals surface area (Å²) in [5, 5.41) is 8.97. The second kappa shape index (κ2) is 10.3. The average molecular weight is 306 g/mol. The highest BCUT2D eigenvalue weighted by Gasteiger charge is 2.24. The molecule has 0 aromatic carbocycles. The van der Waals surface area contributed by atoms with E-state index in [1.54, 1.807) is 0 Å². The van der Waals surface area contributed by atoms with Gasteiger partial charge in [0.2, 0.25) is 0 Å². The molecule has 2 aliphatic rings. The third-order valence-electron chi connectivity index (χ3n) is 5.97. The van der Waals surface area contributed by atoms with E-state index in [1.165, 1.54) is 64.2 Å². The molecule has 2 fully saturated rings. The van der Waals surface area contributed by atoms with Gasteiger partial charge in [0.05, 0.1) is 6.07 Å². The zero-order valence-electron chi connectivity index (χ0n) is 14.6. The Bertz CT molecular complexity index is 319. The van der Waals surface area contributed by atoms with Crippen LogP contribution in [0.2, 0.25) is 0 Å². The Balaban J connectivity index is 1.52. The monoisotopic (exact) mass is 305 g/mol. The fraction of sp³-hybridized carbons (Fsp3) is 0.950. The van der Waals surface area contributed by atoms with Crippen LogP contribution >= 0.6 is 0 Å². The highest BCUT2D eigenvalue weighted by atomic mass is 16.5. The molecule has 0 atom stereocenters. The van der Waals surface area contributed by atoms with E-state index in [-0.39, 0.29) is 0 Å². The third kappa shape index (κ3) is 6.29. The summed E-state index contributed by atoms with van der Waals surface area (Å²) in [5.74, 6) is 3.08. The molecule has 2 heteroatoms. The number of nitrogens with zero attached hydrogens (tertiary/aromatic N) is 1. The maximum Gasteiger partial charge on any atom is 0.0655 e. The molecular formula is C20H35NO. The number of ether oxygens (including phenoxy) is 1. The number of hydrogen-bond acceptors (Lipinski definition) is 2. The second-order valence-corrected chi connectivity index (χ2v) is 7.74. The lowest BCUT2D eigenvalue weighted by Gasteiger charge is -2.30. The maximum absolute atomic E-state index is 8.97. The number of hydrogen-bond donors (Lipinski definition) is 0. The Labute approximate surface area is 137 Å². The minimum Gasteiger partial charge on any atom is -0.381 e. The maximum atomic E-state index is 8.97. The minimum absolute atomic E-state index is 0.361. The van der Waals surface area contributed by atoms with Crippen molar-refractivity contribution in [1.82, 2.24) is 0 Å². The predicted octanol–water partition coefficient (Wildman–Crippen LogP) is 5.72. The number of nitriles is 1. The SMILES string of the molecule is CCCCOC[C@H]1CC[C@H](CC[C@H]2CC[C@H](C#N)CC2)CC1. The van der Waals surface area contributed by atoms with E-state index < -0.39 is 0 Å². The molecule has 2 saturated carbocycles. The van der Waals surface area contributed by atoms with Crippen LogP contribution in [-0.4, -0.2) is 13.2 Å². The summed E-state index contributed by atoms with van der Waals surface area (Å²) < 4.78 is 5.80. The van der Waals surface area contributed by atoms with Gasteiger partial charge in [-0.1, -0.05) is 39.0 Å². The molecular weight excluding hydrogens is 270 g/mol. The van der Waals surface area contributed by atoms with Crippen molar-refractivity contribution in [1.29, 1.82) is 5.26 Å². The van der Waals surface area contributed by atoms with Gasteiger partial charge in [-0.25, -0.2) is 0 Å². The van der Waals surface area contributed by atoms with Crippen molar-refractivity contribution in [3.63, 3.8) is 0 Å². The van der Waals surface area contributed by atoms with E-state index in [2.05, 4.69) is 13.0 Å². The van der Waals surface area contributed by atoms with Gasteiger partial charge in [0.15, 0.2) is 0 Å². The first kappa shape index (κ1) is 17.8. The van der Waals surface area contributed by atoms with Gasteiger partial charge in [-0.15, -0.1) is 0 Å². The van der Waals surface area contributed by atoms with Crippen molar-refractivity contribution in [3.8, 4) is 6.07 Å². The average Bonchev–Trinajstić information content (AvgIpc) is 2.58. The van der Waals surface area contributed by atoms with Crippen molar-refractivity contribution in [3.05, 3.63) is 0 Å². The zero-order valence-corrected chi connectivity index (χ0v) is 14.6. The van der Waals surface area contributed by atoms with Crippen LogP contribution in [0.5, 0.6) is 0 Å². The van der Waals surface area contributed by atoms with Crippen LogP contribution in [-0.2, 0) is 4.74 Å². The molecule has 2 nitrogen and oxygen atoms in total. The summed E-state index contributed by atoms with van der Waals surface area (Å²) >= 11 is 0. The predicted molar refractivity (Wildman–Crippen MR) is 91.5 cm³/mol. The molecule has 0 N–H and O–H groups in total. The van der Waals surface area contributed by atoms with Crippen LogP contribution in [0.4, 0.5) is 0 Å². The molecule has 0 bridgehead atoms. The van der Waals surface area contributed by atoms with Gasteiger partial charge in [0, 0.05) is 19.1 Å². The van der Waals surface area contributed by atoms with Gasteiger partial charge >= 0.3 is 0 Å². The van der Waals surface area contributed by atoms with Gasteiger partial charge in [0.1, 0.15) is 0 Å². The second-order valence-electron chi connectivity index (χ2n) is 7.74. The molecule has 0 spiro atoms. The van der Waals surface area contributed by atoms with E-state index in [0.29, 0.717) is 5.92 Å². The van der Waals surface area contributed by atoms with E-state index in [0.717, 1.165) is 43.8 Å². The Morgan fingerprint density at radius 2 is 1.41 bits per heavy atom. The number of rotatable bonds is 8. The molecule has 126 valence electrons. The molecule has 0 aromatic rings. The van der Waals surface area contributed by atoms with Gasteiger partial charge in [-0.3, -0.25) is 0 Å². The molecule has 0 amide bonds. The highest BCUT2D eigenvalue weighted by Crippen LogP contribution is 2.36. The summed E-state index contributed by atoms with van der Waals surface area (Å²) in [4.78, 5) is 0. The van der Waals surface area contributed by atoms with Crippen LogP contribution in [0.1, 0.15) is 84.0 Å². The molecule has 2 aliphatic carbocycles. The lowest BCUT2D eigenvalue weighted by atomic mass is 9.76. The molecule has 2 rings (SSSR count). The van der Waals surface area contributed by atoms with Crippen molar-refractivity contribution in [2.45, 2.75) is 84.0 Å². The lowest BCUT2D eigenvalue weighted by molar-refractivity contribution is 0.0743. The molecule has 0 unspecified atom stereocenters. The lowest BCUT2D eigenvalue weighted by Crippen LogP contribution is -2.20. The van der Waals surface area contributed by atoms with Crippen LogP contribution in [0.3, 0.4) is 0 Å². The van der Waals surface area contributed by atoms with E-state index in [4.69, 9.17) is 10.00 Å². The van der Waals surface area contributed by atoms with Gasteiger partial charge in [-0.2, -0.15) is 5.26 Å². The van der Waals surface area contributed by atoms with Crippen molar-refractivity contribution in [2.75, 3.05) is 13.2 Å². The van der Waals surface area contributed by atoms with E-state index in [1.807, 2.05) is 0 Å². The first-order valence-electron chi connectivity index (χ1n) is 9.79. The highest BCUT2D eigenvalue weighted by molar-refractivity contribution is 4.87. The zero-order chi connectivity index (χ0) is 15.6. The molecule has 0 radical (unpaired) electrons. The molecule has 0 aromatic heterocycles. The largest absolute Gasteiger partial charge is 0.381 e. The Hall–Kier alpha value is -0.550. The quantitative estimate of drug-likeness (QED) is 0.537. The fourth-order valence-corrected chi connectivity index (χ4v) is 4.23. The van der Waals surface area contributed by atoms with E-state index >= 15 is 0 Å². The van der Waals surface area contributed by atoms with E-state index in [9.17, 15) is 0 Å². The first-order valence-corrected chi connectivity index (χ1v) is 9.79. The summed E-state index contributed by atoms with van der Waals surface area (Å²) in [6.45, 7) is 4.19. The van der Waals surface area contributed by atoms with Crippen LogP contribution in [0.15, 0.2) is 0 Å². The summed E-state index contributed by atoms with van der Waals surface area (Å²) in [6, 6.07) is 2.45. The third-order valence-corrected chi connectivity index (χ3v) is 5.97. The Kier molecular flexibility index (Phi) is 8.31. The van der Waals surface area contributed by atoms with Gasteiger partial charge in [0.25, 0.3) is 0 Å². The Morgan fingerprint density at radius 3 is 1.95 bits per heavy atom. The van der Waals surface area contributed by atoms with Gasteiger partial charge in [-0.05, 0) is 62.7 Å². The van der Waals surface area contributed by atoms with Crippen molar-refractivity contribution in [2.24, 2.45) is 23.7 Å². The smallest absolute Gasteiger partial charge is 0.0655 e. The molecule has 22 heavy (non-hydrogen) atoms. The van der Waals surface area contributed by atoms with Crippen LogP contribution in [0, 0.1) is 35.0 Å².